The quantitative estimate of drug-likeness (QED) is 0.707. The summed E-state index contributed by atoms with van der Waals surface area (Å²) in [6.07, 6.45) is 6.31. The number of pyridine rings is 1. The third-order valence-corrected chi connectivity index (χ3v) is 2.08. The maximum Gasteiger partial charge on any atom is 0.339 e. The van der Waals surface area contributed by atoms with E-state index in [1.165, 1.54) is 13.3 Å². The fourth-order valence-electron chi connectivity index (χ4n) is 1.29. The van der Waals surface area contributed by atoms with Crippen LogP contribution in [0, 0.1) is 0 Å². The van der Waals surface area contributed by atoms with E-state index in [9.17, 15) is 4.79 Å². The molecule has 0 saturated heterocycles. The van der Waals surface area contributed by atoms with Crippen molar-refractivity contribution in [2.24, 2.45) is 0 Å². The van der Waals surface area contributed by atoms with Crippen LogP contribution in [-0.2, 0) is 4.74 Å². The van der Waals surface area contributed by atoms with Crippen LogP contribution in [0.1, 0.15) is 10.4 Å². The van der Waals surface area contributed by atoms with Crippen LogP contribution in [0.3, 0.4) is 0 Å². The van der Waals surface area contributed by atoms with E-state index in [2.05, 4.69) is 19.9 Å². The zero-order valence-electron chi connectivity index (χ0n) is 8.62. The number of aromatic nitrogens is 3. The molecule has 0 aliphatic heterocycles. The van der Waals surface area contributed by atoms with E-state index in [-0.39, 0.29) is 0 Å². The van der Waals surface area contributed by atoms with Crippen LogP contribution in [0.15, 0.2) is 36.9 Å². The van der Waals surface area contributed by atoms with Gasteiger partial charge in [-0.25, -0.2) is 4.79 Å². The molecule has 0 N–H and O–H groups in total. The highest BCUT2D eigenvalue weighted by Crippen LogP contribution is 2.17. The summed E-state index contributed by atoms with van der Waals surface area (Å²) in [4.78, 5) is 15.3. The fraction of sp³-hybridized carbons (Fsp3) is 0.0909. The SMILES string of the molecule is COC(=O)c1cncc(-c2ccnnc2)c1. The van der Waals surface area contributed by atoms with Crippen LogP contribution in [0.4, 0.5) is 0 Å². The van der Waals surface area contributed by atoms with E-state index in [4.69, 9.17) is 0 Å². The van der Waals surface area contributed by atoms with Gasteiger partial charge in [-0.3, -0.25) is 4.98 Å². The maximum absolute atomic E-state index is 11.3. The molecule has 0 unspecified atom stereocenters. The summed E-state index contributed by atoms with van der Waals surface area (Å²) >= 11 is 0. The third kappa shape index (κ3) is 2.03. The van der Waals surface area contributed by atoms with E-state index >= 15 is 0 Å². The Balaban J connectivity index is 2.40. The molecule has 2 heterocycles. The molecule has 0 aliphatic carbocycles. The summed E-state index contributed by atoms with van der Waals surface area (Å²) < 4.78 is 4.62. The molecular weight excluding hydrogens is 206 g/mol. The first kappa shape index (κ1) is 10.2. The van der Waals surface area contributed by atoms with E-state index in [1.807, 2.05) is 0 Å². The molecule has 0 bridgehead atoms. The van der Waals surface area contributed by atoms with Gasteiger partial charge in [-0.15, -0.1) is 0 Å². The molecule has 16 heavy (non-hydrogen) atoms. The minimum atomic E-state index is -0.406. The minimum Gasteiger partial charge on any atom is -0.465 e. The molecule has 0 fully saturated rings. The smallest absolute Gasteiger partial charge is 0.339 e. The van der Waals surface area contributed by atoms with Gasteiger partial charge in [0.2, 0.25) is 0 Å². The Labute approximate surface area is 92.1 Å². The number of hydrogen-bond acceptors (Lipinski definition) is 5. The van der Waals surface area contributed by atoms with E-state index in [1.54, 1.807) is 30.7 Å². The van der Waals surface area contributed by atoms with E-state index < -0.39 is 5.97 Å². The Bertz CT molecular complexity index is 500. The Morgan fingerprint density at radius 3 is 2.75 bits per heavy atom. The predicted molar refractivity (Wildman–Crippen MR) is 56.6 cm³/mol. The van der Waals surface area contributed by atoms with Crippen molar-refractivity contribution in [1.82, 2.24) is 15.2 Å². The zero-order chi connectivity index (χ0) is 11.4. The number of hydrogen-bond donors (Lipinski definition) is 0. The van der Waals surface area contributed by atoms with Gasteiger partial charge in [-0.2, -0.15) is 10.2 Å². The third-order valence-electron chi connectivity index (χ3n) is 2.08. The van der Waals surface area contributed by atoms with Gasteiger partial charge in [0.15, 0.2) is 0 Å². The Morgan fingerprint density at radius 2 is 2.06 bits per heavy atom. The molecular formula is C11H9N3O2. The number of rotatable bonds is 2. The van der Waals surface area contributed by atoms with Crippen molar-refractivity contribution < 1.29 is 9.53 Å². The topological polar surface area (TPSA) is 65.0 Å². The lowest BCUT2D eigenvalue weighted by Gasteiger charge is -2.02. The van der Waals surface area contributed by atoms with Crippen LogP contribution >= 0.6 is 0 Å². The molecule has 80 valence electrons. The summed E-state index contributed by atoms with van der Waals surface area (Å²) in [6.45, 7) is 0. The van der Waals surface area contributed by atoms with Gasteiger partial charge in [-0.1, -0.05) is 0 Å². The van der Waals surface area contributed by atoms with Crippen LogP contribution < -0.4 is 0 Å². The van der Waals surface area contributed by atoms with Crippen LogP contribution in [0.2, 0.25) is 0 Å². The standard InChI is InChI=1S/C11H9N3O2/c1-16-11(15)10-4-9(5-12-6-10)8-2-3-13-14-7-8/h2-7H,1H3. The highest BCUT2D eigenvalue weighted by Gasteiger charge is 2.07. The number of carbonyl (C=O) groups excluding carboxylic acids is 1. The maximum atomic E-state index is 11.3. The molecule has 0 aliphatic rings. The van der Waals surface area contributed by atoms with Gasteiger partial charge < -0.3 is 4.74 Å². The highest BCUT2D eigenvalue weighted by atomic mass is 16.5. The number of ether oxygens (including phenoxy) is 1. The molecule has 5 nitrogen and oxygen atoms in total. The first-order chi connectivity index (χ1) is 7.81. The predicted octanol–water partition coefficient (Wildman–Crippen LogP) is 1.33. The van der Waals surface area contributed by atoms with Crippen LogP contribution in [-0.4, -0.2) is 28.3 Å². The molecule has 0 radical (unpaired) electrons. The van der Waals surface area contributed by atoms with Gasteiger partial charge in [0.1, 0.15) is 0 Å². The van der Waals surface area contributed by atoms with Crippen molar-refractivity contribution >= 4 is 5.97 Å². The minimum absolute atomic E-state index is 0.406. The second kappa shape index (κ2) is 4.48. The lowest BCUT2D eigenvalue weighted by atomic mass is 10.1. The summed E-state index contributed by atoms with van der Waals surface area (Å²) in [5.41, 5.74) is 2.07. The van der Waals surface area contributed by atoms with E-state index in [0.29, 0.717) is 5.56 Å². The molecule has 0 atom stereocenters. The van der Waals surface area contributed by atoms with Crippen molar-refractivity contribution in [2.75, 3.05) is 7.11 Å². The first-order valence-electron chi connectivity index (χ1n) is 4.61. The second-order valence-corrected chi connectivity index (χ2v) is 3.08. The first-order valence-corrected chi connectivity index (χ1v) is 4.61. The van der Waals surface area contributed by atoms with E-state index in [0.717, 1.165) is 11.1 Å². The fourth-order valence-corrected chi connectivity index (χ4v) is 1.29. The second-order valence-electron chi connectivity index (χ2n) is 3.08. The molecule has 0 aromatic carbocycles. The monoisotopic (exact) mass is 215 g/mol. The normalized spacial score (nSPS) is 9.81. The number of nitrogens with zero attached hydrogens (tertiary/aromatic N) is 3. The summed E-state index contributed by atoms with van der Waals surface area (Å²) in [5.74, 6) is -0.406. The average molecular weight is 215 g/mol. The molecule has 0 saturated carbocycles. The molecule has 0 amide bonds. The number of esters is 1. The van der Waals surface area contributed by atoms with Gasteiger partial charge >= 0.3 is 5.97 Å². The lowest BCUT2D eigenvalue weighted by molar-refractivity contribution is 0.0600. The molecule has 2 aromatic heterocycles. The van der Waals surface area contributed by atoms with Gasteiger partial charge in [-0.05, 0) is 12.1 Å². The number of carbonyl (C=O) groups is 1. The van der Waals surface area contributed by atoms with Crippen LogP contribution in [0.25, 0.3) is 11.1 Å². The molecule has 0 spiro atoms. The molecule has 5 heteroatoms. The van der Waals surface area contributed by atoms with Crippen molar-refractivity contribution in [3.63, 3.8) is 0 Å². The molecule has 2 rings (SSSR count). The Hall–Kier alpha value is -2.30. The van der Waals surface area contributed by atoms with Gasteiger partial charge in [0.05, 0.1) is 25.1 Å². The van der Waals surface area contributed by atoms with Crippen molar-refractivity contribution in [3.05, 3.63) is 42.5 Å². The van der Waals surface area contributed by atoms with Crippen LogP contribution in [0.5, 0.6) is 0 Å². The average Bonchev–Trinajstić information content (AvgIpc) is 2.39. The zero-order valence-corrected chi connectivity index (χ0v) is 8.62. The summed E-state index contributed by atoms with van der Waals surface area (Å²) in [7, 11) is 1.34. The van der Waals surface area contributed by atoms with Crippen molar-refractivity contribution in [2.45, 2.75) is 0 Å². The number of methoxy groups -OCH3 is 1. The largest absolute Gasteiger partial charge is 0.465 e. The van der Waals surface area contributed by atoms with Crippen molar-refractivity contribution in [3.8, 4) is 11.1 Å². The van der Waals surface area contributed by atoms with Gasteiger partial charge in [0.25, 0.3) is 0 Å². The summed E-state index contributed by atoms with van der Waals surface area (Å²) in [5, 5.41) is 7.44. The Morgan fingerprint density at radius 1 is 1.19 bits per heavy atom. The van der Waals surface area contributed by atoms with Crippen molar-refractivity contribution in [1.29, 1.82) is 0 Å². The van der Waals surface area contributed by atoms with Gasteiger partial charge in [0, 0.05) is 23.5 Å². The molecule has 2 aromatic rings. The highest BCUT2D eigenvalue weighted by molar-refractivity contribution is 5.90. The summed E-state index contributed by atoms with van der Waals surface area (Å²) in [6, 6.07) is 3.50. The Kier molecular flexibility index (Phi) is 2.86. The lowest BCUT2D eigenvalue weighted by Crippen LogP contribution is -2.01.